The molecule has 0 unspecified atom stereocenters. The fourth-order valence-electron chi connectivity index (χ4n) is 1.78. The second kappa shape index (κ2) is 5.39. The number of hydrogen-bond acceptors (Lipinski definition) is 4. The summed E-state index contributed by atoms with van der Waals surface area (Å²) in [4.78, 5) is 13.9. The molecule has 1 heterocycles. The zero-order valence-electron chi connectivity index (χ0n) is 10.4. The van der Waals surface area contributed by atoms with Gasteiger partial charge in [0.2, 0.25) is 5.91 Å². The Kier molecular flexibility index (Phi) is 3.66. The number of benzene rings is 1. The SMILES string of the molecule is CCN(C(=O)Cn1cnnn1)c1cccc(C)c1. The van der Waals surface area contributed by atoms with Crippen molar-refractivity contribution >= 4 is 11.6 Å². The minimum absolute atomic E-state index is 0.0320. The predicted octanol–water partition coefficient (Wildman–Crippen LogP) is 1.03. The molecule has 0 saturated carbocycles. The number of carbonyl (C=O) groups excluding carboxylic acids is 1. The highest BCUT2D eigenvalue weighted by Gasteiger charge is 2.14. The van der Waals surface area contributed by atoms with Crippen LogP contribution in [0.25, 0.3) is 0 Å². The lowest BCUT2D eigenvalue weighted by atomic mass is 10.2. The normalized spacial score (nSPS) is 10.3. The number of carbonyl (C=O) groups is 1. The van der Waals surface area contributed by atoms with Crippen molar-refractivity contribution in [2.45, 2.75) is 20.4 Å². The zero-order valence-corrected chi connectivity index (χ0v) is 10.4. The van der Waals surface area contributed by atoms with Gasteiger partial charge in [0.25, 0.3) is 0 Å². The van der Waals surface area contributed by atoms with Gasteiger partial charge in [0.1, 0.15) is 12.9 Å². The molecule has 18 heavy (non-hydrogen) atoms. The highest BCUT2D eigenvalue weighted by atomic mass is 16.2. The molecule has 0 atom stereocenters. The van der Waals surface area contributed by atoms with Crippen molar-refractivity contribution in [3.05, 3.63) is 36.2 Å². The van der Waals surface area contributed by atoms with Gasteiger partial charge >= 0.3 is 0 Å². The average Bonchev–Trinajstić information content (AvgIpc) is 2.83. The van der Waals surface area contributed by atoms with E-state index >= 15 is 0 Å². The second-order valence-electron chi connectivity index (χ2n) is 3.98. The topological polar surface area (TPSA) is 63.9 Å². The van der Waals surface area contributed by atoms with Gasteiger partial charge in [-0.3, -0.25) is 4.79 Å². The summed E-state index contributed by atoms with van der Waals surface area (Å²) in [5.74, 6) is -0.0320. The quantitative estimate of drug-likeness (QED) is 0.807. The number of anilines is 1. The molecule has 0 N–H and O–H groups in total. The van der Waals surface area contributed by atoms with Crippen LogP contribution >= 0.6 is 0 Å². The highest BCUT2D eigenvalue weighted by Crippen LogP contribution is 2.16. The number of likely N-dealkylation sites (N-methyl/N-ethyl adjacent to an activating group) is 1. The third kappa shape index (κ3) is 2.71. The first-order valence-electron chi connectivity index (χ1n) is 5.78. The molecule has 1 amide bonds. The average molecular weight is 245 g/mol. The first-order valence-corrected chi connectivity index (χ1v) is 5.78. The van der Waals surface area contributed by atoms with Crippen molar-refractivity contribution < 1.29 is 4.79 Å². The summed E-state index contributed by atoms with van der Waals surface area (Å²) < 4.78 is 1.42. The highest BCUT2D eigenvalue weighted by molar-refractivity contribution is 5.93. The Morgan fingerprint density at radius 3 is 2.89 bits per heavy atom. The van der Waals surface area contributed by atoms with Gasteiger partial charge in [-0.1, -0.05) is 12.1 Å². The van der Waals surface area contributed by atoms with Gasteiger partial charge in [0.05, 0.1) is 0 Å². The largest absolute Gasteiger partial charge is 0.311 e. The van der Waals surface area contributed by atoms with Crippen molar-refractivity contribution in [2.24, 2.45) is 0 Å². The van der Waals surface area contributed by atoms with Gasteiger partial charge in [0, 0.05) is 12.2 Å². The van der Waals surface area contributed by atoms with Gasteiger partial charge in [-0.2, -0.15) is 0 Å². The van der Waals surface area contributed by atoms with Gasteiger partial charge in [-0.15, -0.1) is 5.10 Å². The summed E-state index contributed by atoms with van der Waals surface area (Å²) in [7, 11) is 0. The van der Waals surface area contributed by atoms with Gasteiger partial charge < -0.3 is 4.90 Å². The maximum atomic E-state index is 12.2. The Hall–Kier alpha value is -2.24. The summed E-state index contributed by atoms with van der Waals surface area (Å²) in [5.41, 5.74) is 2.02. The number of hydrogen-bond donors (Lipinski definition) is 0. The van der Waals surface area contributed by atoms with E-state index in [0.29, 0.717) is 6.54 Å². The summed E-state index contributed by atoms with van der Waals surface area (Å²) in [6.45, 7) is 4.71. The van der Waals surface area contributed by atoms with Gasteiger partial charge in [0.15, 0.2) is 0 Å². The van der Waals surface area contributed by atoms with Crippen LogP contribution in [-0.4, -0.2) is 32.7 Å². The van der Waals surface area contributed by atoms with Crippen LogP contribution in [0.4, 0.5) is 5.69 Å². The minimum Gasteiger partial charge on any atom is -0.311 e. The molecule has 6 heteroatoms. The summed E-state index contributed by atoms with van der Waals surface area (Å²) >= 11 is 0. The fraction of sp³-hybridized carbons (Fsp3) is 0.333. The Morgan fingerprint density at radius 1 is 1.44 bits per heavy atom. The minimum atomic E-state index is -0.0320. The molecule has 0 aliphatic carbocycles. The lowest BCUT2D eigenvalue weighted by Crippen LogP contribution is -2.33. The molecular formula is C12H15N5O. The molecule has 2 rings (SSSR count). The third-order valence-electron chi connectivity index (χ3n) is 2.62. The van der Waals surface area contributed by atoms with Crippen molar-refractivity contribution in [1.82, 2.24) is 20.2 Å². The van der Waals surface area contributed by atoms with Crippen LogP contribution in [0.1, 0.15) is 12.5 Å². The van der Waals surface area contributed by atoms with E-state index in [-0.39, 0.29) is 12.5 Å². The third-order valence-corrected chi connectivity index (χ3v) is 2.62. The number of tetrazole rings is 1. The summed E-state index contributed by atoms with van der Waals surface area (Å²) in [6.07, 6.45) is 1.43. The molecular weight excluding hydrogens is 230 g/mol. The van der Waals surface area contributed by atoms with E-state index in [1.165, 1.54) is 11.0 Å². The number of aromatic nitrogens is 4. The summed E-state index contributed by atoms with van der Waals surface area (Å²) in [6, 6.07) is 7.86. The molecule has 0 bridgehead atoms. The Morgan fingerprint density at radius 2 is 2.28 bits per heavy atom. The van der Waals surface area contributed by atoms with Crippen LogP contribution in [0.5, 0.6) is 0 Å². The van der Waals surface area contributed by atoms with Crippen LogP contribution in [-0.2, 0) is 11.3 Å². The van der Waals surface area contributed by atoms with Crippen molar-refractivity contribution in [3.8, 4) is 0 Å². The first kappa shape index (κ1) is 12.2. The van der Waals surface area contributed by atoms with Crippen molar-refractivity contribution in [2.75, 3.05) is 11.4 Å². The molecule has 1 aromatic carbocycles. The smallest absolute Gasteiger partial charge is 0.248 e. The first-order chi connectivity index (χ1) is 8.70. The molecule has 2 aromatic rings. The maximum Gasteiger partial charge on any atom is 0.248 e. The molecule has 0 aliphatic rings. The molecule has 6 nitrogen and oxygen atoms in total. The van der Waals surface area contributed by atoms with Gasteiger partial charge in [-0.25, -0.2) is 4.68 Å². The second-order valence-corrected chi connectivity index (χ2v) is 3.98. The molecule has 1 aromatic heterocycles. The maximum absolute atomic E-state index is 12.2. The van der Waals surface area contributed by atoms with Crippen LogP contribution in [0.15, 0.2) is 30.6 Å². The molecule has 0 fully saturated rings. The van der Waals surface area contributed by atoms with E-state index in [2.05, 4.69) is 15.5 Å². The monoisotopic (exact) mass is 245 g/mol. The van der Waals surface area contributed by atoms with Crippen LogP contribution in [0.3, 0.4) is 0 Å². The van der Waals surface area contributed by atoms with Gasteiger partial charge in [-0.05, 0) is 42.0 Å². The van der Waals surface area contributed by atoms with E-state index in [1.807, 2.05) is 38.1 Å². The number of aryl methyl sites for hydroxylation is 1. The predicted molar refractivity (Wildman–Crippen MR) is 67.0 cm³/mol. The Bertz CT molecular complexity index is 523. The standard InChI is InChI=1S/C12H15N5O/c1-3-17(11-6-4-5-10(2)7-11)12(18)8-16-9-13-14-15-16/h4-7,9H,3,8H2,1-2H3. The fourth-order valence-corrected chi connectivity index (χ4v) is 1.78. The number of rotatable bonds is 4. The van der Waals surface area contributed by atoms with Crippen molar-refractivity contribution in [3.63, 3.8) is 0 Å². The van der Waals surface area contributed by atoms with Crippen molar-refractivity contribution in [1.29, 1.82) is 0 Å². The summed E-state index contributed by atoms with van der Waals surface area (Å²) in [5, 5.41) is 10.7. The van der Waals surface area contributed by atoms with E-state index in [4.69, 9.17) is 0 Å². The van der Waals surface area contributed by atoms with E-state index in [1.54, 1.807) is 4.90 Å². The van der Waals surface area contributed by atoms with Crippen LogP contribution < -0.4 is 4.90 Å². The number of nitrogens with zero attached hydrogens (tertiary/aromatic N) is 5. The number of amides is 1. The van der Waals surface area contributed by atoms with E-state index < -0.39 is 0 Å². The molecule has 0 radical (unpaired) electrons. The molecule has 94 valence electrons. The lowest BCUT2D eigenvalue weighted by molar-refractivity contribution is -0.119. The Labute approximate surface area is 105 Å². The van der Waals surface area contributed by atoms with Crippen LogP contribution in [0, 0.1) is 6.92 Å². The van der Waals surface area contributed by atoms with Crippen LogP contribution in [0.2, 0.25) is 0 Å². The zero-order chi connectivity index (χ0) is 13.0. The molecule has 0 aliphatic heterocycles. The molecule has 0 saturated heterocycles. The van der Waals surface area contributed by atoms with E-state index in [9.17, 15) is 4.79 Å². The Balaban J connectivity index is 2.15. The lowest BCUT2D eigenvalue weighted by Gasteiger charge is -2.21. The molecule has 0 spiro atoms. The van der Waals surface area contributed by atoms with E-state index in [0.717, 1.165) is 11.3 Å².